The van der Waals surface area contributed by atoms with Crippen molar-refractivity contribution < 1.29 is 4.39 Å². The summed E-state index contributed by atoms with van der Waals surface area (Å²) in [6, 6.07) is 12.6. The van der Waals surface area contributed by atoms with Gasteiger partial charge in [-0.25, -0.2) is 4.39 Å². The van der Waals surface area contributed by atoms with Gasteiger partial charge in [0.2, 0.25) is 0 Å². The lowest BCUT2D eigenvalue weighted by Crippen LogP contribution is -2.23. The van der Waals surface area contributed by atoms with E-state index in [4.69, 9.17) is 11.6 Å². The van der Waals surface area contributed by atoms with E-state index in [1.807, 2.05) is 31.2 Å². The third-order valence-corrected chi connectivity index (χ3v) is 4.28. The van der Waals surface area contributed by atoms with Gasteiger partial charge in [-0.1, -0.05) is 52.7 Å². The van der Waals surface area contributed by atoms with Gasteiger partial charge < -0.3 is 5.32 Å². The van der Waals surface area contributed by atoms with Crippen molar-refractivity contribution >= 4 is 27.5 Å². The van der Waals surface area contributed by atoms with E-state index in [9.17, 15) is 4.39 Å². The van der Waals surface area contributed by atoms with Crippen molar-refractivity contribution in [3.8, 4) is 0 Å². The molecule has 1 N–H and O–H groups in total. The van der Waals surface area contributed by atoms with Gasteiger partial charge in [0.1, 0.15) is 5.82 Å². The van der Waals surface area contributed by atoms with E-state index >= 15 is 0 Å². The Labute approximate surface area is 132 Å². The molecule has 106 valence electrons. The number of likely N-dealkylation sites (N-methyl/N-ethyl adjacent to an activating group) is 1. The minimum Gasteiger partial charge on any atom is -0.310 e. The fourth-order valence-corrected chi connectivity index (χ4v) is 2.89. The zero-order chi connectivity index (χ0) is 14.5. The van der Waals surface area contributed by atoms with Gasteiger partial charge in [0.05, 0.1) is 0 Å². The Kier molecular flexibility index (Phi) is 5.58. The molecule has 20 heavy (non-hydrogen) atoms. The molecule has 0 spiro atoms. The zero-order valence-electron chi connectivity index (χ0n) is 11.2. The normalized spacial score (nSPS) is 12.4. The standard InChI is InChI=1S/C16H16BrClFN/c1-2-20-16(13-5-3-4-6-15(13)18)10-11-9-12(19)7-8-14(11)17/h3-9,16,20H,2,10H2,1H3. The van der Waals surface area contributed by atoms with Crippen LogP contribution in [0.5, 0.6) is 0 Å². The molecule has 0 saturated heterocycles. The minimum atomic E-state index is -0.224. The highest BCUT2D eigenvalue weighted by molar-refractivity contribution is 9.10. The van der Waals surface area contributed by atoms with Crippen molar-refractivity contribution in [2.45, 2.75) is 19.4 Å². The number of benzene rings is 2. The smallest absolute Gasteiger partial charge is 0.123 e. The molecule has 4 heteroatoms. The lowest BCUT2D eigenvalue weighted by Gasteiger charge is -2.20. The maximum atomic E-state index is 13.4. The number of nitrogens with one attached hydrogen (secondary N) is 1. The first kappa shape index (κ1) is 15.5. The van der Waals surface area contributed by atoms with Crippen molar-refractivity contribution in [2.24, 2.45) is 0 Å². The maximum absolute atomic E-state index is 13.4. The maximum Gasteiger partial charge on any atom is 0.123 e. The molecular formula is C16H16BrClFN. The Morgan fingerprint density at radius 2 is 2.00 bits per heavy atom. The van der Waals surface area contributed by atoms with Crippen LogP contribution in [0.3, 0.4) is 0 Å². The molecule has 1 atom stereocenters. The van der Waals surface area contributed by atoms with Crippen LogP contribution in [0.2, 0.25) is 5.02 Å². The average Bonchev–Trinajstić information content (AvgIpc) is 2.43. The second-order valence-electron chi connectivity index (χ2n) is 4.57. The molecule has 1 unspecified atom stereocenters. The Hall–Kier alpha value is -0.900. The van der Waals surface area contributed by atoms with E-state index in [0.717, 1.165) is 27.2 Å². The molecular weight excluding hydrogens is 341 g/mol. The monoisotopic (exact) mass is 355 g/mol. The van der Waals surface area contributed by atoms with E-state index < -0.39 is 0 Å². The number of hydrogen-bond donors (Lipinski definition) is 1. The lowest BCUT2D eigenvalue weighted by atomic mass is 9.98. The molecule has 0 bridgehead atoms. The molecule has 2 aromatic rings. The van der Waals surface area contributed by atoms with Crippen LogP contribution in [-0.4, -0.2) is 6.54 Å². The molecule has 0 fully saturated rings. The summed E-state index contributed by atoms with van der Waals surface area (Å²) in [6.45, 7) is 2.87. The van der Waals surface area contributed by atoms with Crippen molar-refractivity contribution in [3.05, 3.63) is 68.9 Å². The SMILES string of the molecule is CCNC(Cc1cc(F)ccc1Br)c1ccccc1Cl. The average molecular weight is 357 g/mol. The van der Waals surface area contributed by atoms with Gasteiger partial charge in [-0.15, -0.1) is 0 Å². The van der Waals surface area contributed by atoms with Gasteiger partial charge in [0.25, 0.3) is 0 Å². The molecule has 0 aliphatic heterocycles. The van der Waals surface area contributed by atoms with Gasteiger partial charge in [-0.3, -0.25) is 0 Å². The summed E-state index contributed by atoms with van der Waals surface area (Å²) in [4.78, 5) is 0. The van der Waals surface area contributed by atoms with Crippen LogP contribution in [0.4, 0.5) is 4.39 Å². The van der Waals surface area contributed by atoms with Gasteiger partial charge in [-0.05, 0) is 48.4 Å². The first-order chi connectivity index (χ1) is 9.61. The first-order valence-electron chi connectivity index (χ1n) is 6.53. The van der Waals surface area contributed by atoms with Crippen LogP contribution in [-0.2, 0) is 6.42 Å². The molecule has 0 aliphatic carbocycles. The summed E-state index contributed by atoms with van der Waals surface area (Å²) in [6.07, 6.45) is 0.677. The van der Waals surface area contributed by atoms with Gasteiger partial charge in [0, 0.05) is 15.5 Å². The van der Waals surface area contributed by atoms with Crippen LogP contribution in [0.1, 0.15) is 24.1 Å². The first-order valence-corrected chi connectivity index (χ1v) is 7.70. The van der Waals surface area contributed by atoms with Crippen molar-refractivity contribution in [2.75, 3.05) is 6.54 Å². The van der Waals surface area contributed by atoms with Gasteiger partial charge in [0.15, 0.2) is 0 Å². The molecule has 0 heterocycles. The highest BCUT2D eigenvalue weighted by atomic mass is 79.9. The molecule has 0 aromatic heterocycles. The third kappa shape index (κ3) is 3.81. The number of hydrogen-bond acceptors (Lipinski definition) is 1. The quantitative estimate of drug-likeness (QED) is 0.782. The summed E-state index contributed by atoms with van der Waals surface area (Å²) in [7, 11) is 0. The second-order valence-corrected chi connectivity index (χ2v) is 5.83. The lowest BCUT2D eigenvalue weighted by molar-refractivity contribution is 0.546. The van der Waals surface area contributed by atoms with Crippen LogP contribution < -0.4 is 5.32 Å². The molecule has 0 aliphatic rings. The van der Waals surface area contributed by atoms with Crippen molar-refractivity contribution in [1.82, 2.24) is 5.32 Å². The second kappa shape index (κ2) is 7.21. The van der Waals surface area contributed by atoms with E-state index in [-0.39, 0.29) is 11.9 Å². The predicted molar refractivity (Wildman–Crippen MR) is 85.7 cm³/mol. The molecule has 2 rings (SSSR count). The number of rotatable bonds is 5. The minimum absolute atomic E-state index is 0.0619. The number of halogens is 3. The van der Waals surface area contributed by atoms with Crippen molar-refractivity contribution in [3.63, 3.8) is 0 Å². The predicted octanol–water partition coefficient (Wildman–Crippen LogP) is 5.13. The van der Waals surface area contributed by atoms with E-state index in [1.54, 1.807) is 12.1 Å². The fourth-order valence-electron chi connectivity index (χ4n) is 2.22. The van der Waals surface area contributed by atoms with E-state index in [1.165, 1.54) is 6.07 Å². The zero-order valence-corrected chi connectivity index (χ0v) is 13.5. The topological polar surface area (TPSA) is 12.0 Å². The Bertz CT molecular complexity index is 588. The molecule has 1 nitrogen and oxygen atoms in total. The Morgan fingerprint density at radius 1 is 1.25 bits per heavy atom. The third-order valence-electron chi connectivity index (χ3n) is 3.16. The summed E-state index contributed by atoms with van der Waals surface area (Å²) in [5.74, 6) is -0.224. The largest absolute Gasteiger partial charge is 0.310 e. The van der Waals surface area contributed by atoms with Crippen LogP contribution >= 0.6 is 27.5 Å². The van der Waals surface area contributed by atoms with Gasteiger partial charge in [-0.2, -0.15) is 0 Å². The molecule has 0 amide bonds. The molecule has 0 radical (unpaired) electrons. The van der Waals surface area contributed by atoms with E-state index in [0.29, 0.717) is 6.42 Å². The summed E-state index contributed by atoms with van der Waals surface area (Å²) >= 11 is 9.74. The van der Waals surface area contributed by atoms with E-state index in [2.05, 4.69) is 21.2 Å². The summed E-state index contributed by atoms with van der Waals surface area (Å²) < 4.78 is 14.3. The molecule has 0 saturated carbocycles. The Balaban J connectivity index is 2.30. The Morgan fingerprint density at radius 3 is 2.70 bits per heavy atom. The fraction of sp³-hybridized carbons (Fsp3) is 0.250. The molecule has 2 aromatic carbocycles. The van der Waals surface area contributed by atoms with Crippen molar-refractivity contribution in [1.29, 1.82) is 0 Å². The van der Waals surface area contributed by atoms with Crippen LogP contribution in [0.15, 0.2) is 46.9 Å². The summed E-state index contributed by atoms with van der Waals surface area (Å²) in [5, 5.41) is 4.13. The highest BCUT2D eigenvalue weighted by Crippen LogP contribution is 2.28. The van der Waals surface area contributed by atoms with Crippen LogP contribution in [0, 0.1) is 5.82 Å². The van der Waals surface area contributed by atoms with Crippen LogP contribution in [0.25, 0.3) is 0 Å². The highest BCUT2D eigenvalue weighted by Gasteiger charge is 2.15. The van der Waals surface area contributed by atoms with Gasteiger partial charge >= 0.3 is 0 Å². The summed E-state index contributed by atoms with van der Waals surface area (Å²) in [5.41, 5.74) is 1.96.